The molecule has 0 radical (unpaired) electrons. The summed E-state index contributed by atoms with van der Waals surface area (Å²) in [6.45, 7) is 1.89. The molecule has 2 N–H and O–H groups in total. The van der Waals surface area contributed by atoms with Crippen LogP contribution in [0.15, 0.2) is 22.8 Å². The van der Waals surface area contributed by atoms with Crippen LogP contribution in [0.3, 0.4) is 0 Å². The summed E-state index contributed by atoms with van der Waals surface area (Å²) in [5.74, 6) is -0.00207. The van der Waals surface area contributed by atoms with E-state index >= 15 is 0 Å². The van der Waals surface area contributed by atoms with E-state index in [9.17, 15) is 4.79 Å². The zero-order valence-electron chi connectivity index (χ0n) is 8.56. The van der Waals surface area contributed by atoms with Crippen molar-refractivity contribution in [3.8, 4) is 0 Å². The molecule has 2 heterocycles. The maximum Gasteiger partial charge on any atom is 0.322 e. The third-order valence-corrected chi connectivity index (χ3v) is 2.98. The minimum Gasteiger partial charge on any atom is -0.480 e. The molecule has 1 atom stereocenters. The maximum atomic E-state index is 10.9. The number of carboxylic acids is 1. The van der Waals surface area contributed by atoms with Gasteiger partial charge < -0.3 is 15.3 Å². The van der Waals surface area contributed by atoms with Crippen LogP contribution in [0.2, 0.25) is 0 Å². The Kier molecular flexibility index (Phi) is 3.40. The zero-order valence-corrected chi connectivity index (χ0v) is 10.1. The van der Waals surface area contributed by atoms with Gasteiger partial charge in [0.05, 0.1) is 0 Å². The van der Waals surface area contributed by atoms with Crippen molar-refractivity contribution in [2.75, 3.05) is 24.5 Å². The third kappa shape index (κ3) is 2.51. The van der Waals surface area contributed by atoms with E-state index in [1.165, 1.54) is 0 Å². The number of piperazine rings is 1. The highest BCUT2D eigenvalue weighted by Crippen LogP contribution is 2.16. The van der Waals surface area contributed by atoms with E-state index in [4.69, 9.17) is 5.11 Å². The summed E-state index contributed by atoms with van der Waals surface area (Å²) >= 11 is 3.32. The molecule has 0 aromatic carbocycles. The standard InChI is InChI=1S/C10H12BrN3O2/c11-7-1-2-9(13-5-7)14-4-3-12-8(6-14)10(15)16/h1-2,5,8,12H,3-4,6H2,(H,15,16). The first-order valence-corrected chi connectivity index (χ1v) is 5.79. The van der Waals surface area contributed by atoms with Crippen molar-refractivity contribution in [2.24, 2.45) is 0 Å². The van der Waals surface area contributed by atoms with Crippen LogP contribution in [0.4, 0.5) is 5.82 Å². The van der Waals surface area contributed by atoms with Gasteiger partial charge in [-0.25, -0.2) is 4.98 Å². The summed E-state index contributed by atoms with van der Waals surface area (Å²) in [7, 11) is 0. The lowest BCUT2D eigenvalue weighted by molar-refractivity contribution is -0.139. The number of anilines is 1. The highest BCUT2D eigenvalue weighted by atomic mass is 79.9. The van der Waals surface area contributed by atoms with Gasteiger partial charge in [-0.2, -0.15) is 0 Å². The number of aromatic nitrogens is 1. The normalized spacial score (nSPS) is 20.8. The van der Waals surface area contributed by atoms with Gasteiger partial charge in [0.1, 0.15) is 11.9 Å². The van der Waals surface area contributed by atoms with Crippen molar-refractivity contribution in [3.05, 3.63) is 22.8 Å². The van der Waals surface area contributed by atoms with E-state index in [0.29, 0.717) is 13.1 Å². The molecule has 1 saturated heterocycles. The maximum absolute atomic E-state index is 10.9. The second-order valence-corrected chi connectivity index (χ2v) is 4.54. The Bertz CT molecular complexity index is 382. The number of carbonyl (C=O) groups is 1. The molecule has 0 amide bonds. The Morgan fingerprint density at radius 3 is 3.06 bits per heavy atom. The highest BCUT2D eigenvalue weighted by Gasteiger charge is 2.25. The Morgan fingerprint density at radius 2 is 2.44 bits per heavy atom. The number of rotatable bonds is 2. The lowest BCUT2D eigenvalue weighted by Gasteiger charge is -2.32. The summed E-state index contributed by atoms with van der Waals surface area (Å²) in [6, 6.07) is 3.27. The number of hydrogen-bond acceptors (Lipinski definition) is 4. The third-order valence-electron chi connectivity index (χ3n) is 2.51. The average Bonchev–Trinajstić information content (AvgIpc) is 2.30. The fourth-order valence-corrected chi connectivity index (χ4v) is 1.91. The van der Waals surface area contributed by atoms with Gasteiger partial charge in [0.15, 0.2) is 0 Å². The summed E-state index contributed by atoms with van der Waals surface area (Å²) in [5.41, 5.74) is 0. The molecule has 0 spiro atoms. The smallest absolute Gasteiger partial charge is 0.322 e. The van der Waals surface area contributed by atoms with Crippen LogP contribution in [0.5, 0.6) is 0 Å². The number of hydrogen-bond donors (Lipinski definition) is 2. The van der Waals surface area contributed by atoms with Gasteiger partial charge in [0.25, 0.3) is 0 Å². The van der Waals surface area contributed by atoms with Gasteiger partial charge in [0.2, 0.25) is 0 Å². The summed E-state index contributed by atoms with van der Waals surface area (Å²) in [5, 5.41) is 11.9. The number of halogens is 1. The summed E-state index contributed by atoms with van der Waals surface area (Å²) < 4.78 is 0.918. The molecule has 1 aliphatic heterocycles. The molecule has 1 aromatic rings. The quantitative estimate of drug-likeness (QED) is 0.838. The van der Waals surface area contributed by atoms with Gasteiger partial charge in [-0.1, -0.05) is 0 Å². The van der Waals surface area contributed by atoms with Crippen molar-refractivity contribution in [1.29, 1.82) is 0 Å². The fraction of sp³-hybridized carbons (Fsp3) is 0.400. The number of aliphatic carboxylic acids is 1. The number of nitrogens with one attached hydrogen (secondary N) is 1. The number of pyridine rings is 1. The van der Waals surface area contributed by atoms with Crippen LogP contribution < -0.4 is 10.2 Å². The first-order chi connectivity index (χ1) is 7.66. The molecule has 86 valence electrons. The van der Waals surface area contributed by atoms with Gasteiger partial charge in [-0.05, 0) is 28.1 Å². The lowest BCUT2D eigenvalue weighted by Crippen LogP contribution is -2.54. The van der Waals surface area contributed by atoms with Crippen LogP contribution in [0.1, 0.15) is 0 Å². The molecule has 2 rings (SSSR count). The Hall–Kier alpha value is -1.14. The predicted molar refractivity (Wildman–Crippen MR) is 63.6 cm³/mol. The Balaban J connectivity index is 2.09. The molecule has 0 saturated carbocycles. The van der Waals surface area contributed by atoms with Crippen LogP contribution >= 0.6 is 15.9 Å². The second-order valence-electron chi connectivity index (χ2n) is 3.63. The molecular weight excluding hydrogens is 274 g/mol. The van der Waals surface area contributed by atoms with Crippen LogP contribution in [0.25, 0.3) is 0 Å². The van der Waals surface area contributed by atoms with Crippen molar-refractivity contribution >= 4 is 27.7 Å². The number of carboxylic acid groups (broad SMARTS) is 1. The largest absolute Gasteiger partial charge is 0.480 e. The van der Waals surface area contributed by atoms with Crippen molar-refractivity contribution < 1.29 is 9.90 Å². The summed E-state index contributed by atoms with van der Waals surface area (Å²) in [6.07, 6.45) is 1.72. The van der Waals surface area contributed by atoms with E-state index in [1.54, 1.807) is 6.20 Å². The van der Waals surface area contributed by atoms with E-state index in [2.05, 4.69) is 26.2 Å². The second kappa shape index (κ2) is 4.80. The predicted octanol–water partition coefficient (Wildman–Crippen LogP) is 0.707. The summed E-state index contributed by atoms with van der Waals surface area (Å²) in [4.78, 5) is 17.1. The SMILES string of the molecule is O=C(O)C1CN(c2ccc(Br)cn2)CCN1. The molecule has 1 aromatic heterocycles. The molecule has 0 aliphatic carbocycles. The van der Waals surface area contributed by atoms with Crippen molar-refractivity contribution in [1.82, 2.24) is 10.3 Å². The molecule has 6 heteroatoms. The fourth-order valence-electron chi connectivity index (χ4n) is 1.68. The zero-order chi connectivity index (χ0) is 11.5. The van der Waals surface area contributed by atoms with Gasteiger partial charge in [-0.3, -0.25) is 4.79 Å². The van der Waals surface area contributed by atoms with Crippen LogP contribution in [-0.4, -0.2) is 41.7 Å². The molecular formula is C10H12BrN3O2. The van der Waals surface area contributed by atoms with Gasteiger partial charge in [-0.15, -0.1) is 0 Å². The molecule has 1 fully saturated rings. The molecule has 16 heavy (non-hydrogen) atoms. The number of nitrogens with zero attached hydrogens (tertiary/aromatic N) is 2. The van der Waals surface area contributed by atoms with E-state index in [-0.39, 0.29) is 0 Å². The Labute approximate surface area is 102 Å². The topological polar surface area (TPSA) is 65.5 Å². The van der Waals surface area contributed by atoms with E-state index in [0.717, 1.165) is 16.8 Å². The minimum absolute atomic E-state index is 0.448. The van der Waals surface area contributed by atoms with Crippen LogP contribution in [0, 0.1) is 0 Å². The average molecular weight is 286 g/mol. The van der Waals surface area contributed by atoms with Crippen LogP contribution in [-0.2, 0) is 4.79 Å². The lowest BCUT2D eigenvalue weighted by atomic mass is 10.2. The molecule has 0 bridgehead atoms. The molecule has 5 nitrogen and oxygen atoms in total. The molecule has 1 unspecified atom stereocenters. The minimum atomic E-state index is -0.818. The van der Waals surface area contributed by atoms with E-state index < -0.39 is 12.0 Å². The first-order valence-electron chi connectivity index (χ1n) is 4.99. The van der Waals surface area contributed by atoms with Crippen molar-refractivity contribution in [3.63, 3.8) is 0 Å². The van der Waals surface area contributed by atoms with Gasteiger partial charge in [0, 0.05) is 30.3 Å². The Morgan fingerprint density at radius 1 is 1.62 bits per heavy atom. The van der Waals surface area contributed by atoms with Gasteiger partial charge >= 0.3 is 5.97 Å². The monoisotopic (exact) mass is 285 g/mol. The highest BCUT2D eigenvalue weighted by molar-refractivity contribution is 9.10. The first kappa shape index (κ1) is 11.3. The van der Waals surface area contributed by atoms with E-state index in [1.807, 2.05) is 17.0 Å². The van der Waals surface area contributed by atoms with Crippen molar-refractivity contribution in [2.45, 2.75) is 6.04 Å². The molecule has 1 aliphatic rings.